The summed E-state index contributed by atoms with van der Waals surface area (Å²) in [6.07, 6.45) is 0. The molecule has 1 aromatic heterocycles. The Morgan fingerprint density at radius 3 is 2.52 bits per heavy atom. The third-order valence-electron chi connectivity index (χ3n) is 2.67. The van der Waals surface area contributed by atoms with E-state index in [1.165, 1.54) is 31.4 Å². The third kappa shape index (κ3) is 3.34. The summed E-state index contributed by atoms with van der Waals surface area (Å²) < 4.78 is 32.1. The van der Waals surface area contributed by atoms with Crippen LogP contribution in [-0.2, 0) is 10.0 Å². The molecule has 21 heavy (non-hydrogen) atoms. The second kappa shape index (κ2) is 5.74. The number of carbonyl (C=O) groups is 1. The van der Waals surface area contributed by atoms with E-state index in [-0.39, 0.29) is 21.2 Å². The van der Waals surface area contributed by atoms with Crippen molar-refractivity contribution in [2.75, 3.05) is 11.8 Å². The normalized spacial score (nSPS) is 11.1. The lowest BCUT2D eigenvalue weighted by Gasteiger charge is -2.11. The van der Waals surface area contributed by atoms with Gasteiger partial charge in [0.05, 0.1) is 18.4 Å². The number of aromatic carboxylic acids is 1. The molecule has 0 aliphatic rings. The third-order valence-corrected chi connectivity index (χ3v) is 5.53. The molecule has 0 amide bonds. The largest absolute Gasteiger partial charge is 0.495 e. The molecule has 0 aliphatic carbocycles. The van der Waals surface area contributed by atoms with E-state index in [2.05, 4.69) is 4.72 Å². The highest BCUT2D eigenvalue weighted by Crippen LogP contribution is 2.29. The molecule has 0 radical (unpaired) electrons. The molecule has 8 heteroatoms. The fourth-order valence-electron chi connectivity index (χ4n) is 1.66. The molecular weight excluding hydrogens is 314 g/mol. The second-order valence-electron chi connectivity index (χ2n) is 4.19. The predicted octanol–water partition coefficient (Wildman–Crippen LogP) is 2.56. The number of ether oxygens (including phenoxy) is 1. The number of hydrogen-bond acceptors (Lipinski definition) is 5. The lowest BCUT2D eigenvalue weighted by Crippen LogP contribution is -2.12. The zero-order valence-electron chi connectivity index (χ0n) is 11.3. The first-order valence-corrected chi connectivity index (χ1v) is 8.14. The van der Waals surface area contributed by atoms with Crippen molar-refractivity contribution in [3.05, 3.63) is 40.8 Å². The van der Waals surface area contributed by atoms with Gasteiger partial charge in [-0.3, -0.25) is 4.72 Å². The van der Waals surface area contributed by atoms with Crippen LogP contribution in [0.1, 0.15) is 15.2 Å². The Bertz CT molecular complexity index is 780. The highest BCUT2D eigenvalue weighted by molar-refractivity contribution is 7.94. The maximum absolute atomic E-state index is 12.2. The zero-order valence-corrected chi connectivity index (χ0v) is 12.9. The van der Waals surface area contributed by atoms with Gasteiger partial charge >= 0.3 is 5.97 Å². The maximum atomic E-state index is 12.2. The van der Waals surface area contributed by atoms with Crippen LogP contribution in [0, 0.1) is 6.92 Å². The van der Waals surface area contributed by atoms with Crippen molar-refractivity contribution in [3.8, 4) is 5.75 Å². The van der Waals surface area contributed by atoms with Gasteiger partial charge in [-0.25, -0.2) is 13.2 Å². The van der Waals surface area contributed by atoms with Crippen LogP contribution in [0.2, 0.25) is 0 Å². The van der Waals surface area contributed by atoms with Crippen molar-refractivity contribution in [2.45, 2.75) is 11.1 Å². The van der Waals surface area contributed by atoms with Crippen LogP contribution >= 0.6 is 11.3 Å². The number of anilines is 1. The van der Waals surface area contributed by atoms with E-state index in [9.17, 15) is 13.2 Å². The van der Waals surface area contributed by atoms with E-state index in [1.807, 2.05) is 6.92 Å². The highest BCUT2D eigenvalue weighted by atomic mass is 32.2. The summed E-state index contributed by atoms with van der Waals surface area (Å²) in [5, 5.41) is 8.92. The number of aryl methyl sites for hydroxylation is 1. The number of carboxylic acid groups (broad SMARTS) is 1. The molecule has 112 valence electrons. The topological polar surface area (TPSA) is 92.7 Å². The maximum Gasteiger partial charge on any atom is 0.335 e. The van der Waals surface area contributed by atoms with Gasteiger partial charge < -0.3 is 9.84 Å². The Kier molecular flexibility index (Phi) is 4.19. The van der Waals surface area contributed by atoms with Crippen LogP contribution in [0.4, 0.5) is 5.69 Å². The zero-order chi connectivity index (χ0) is 15.6. The van der Waals surface area contributed by atoms with Crippen molar-refractivity contribution in [1.29, 1.82) is 0 Å². The minimum absolute atomic E-state index is 0.0155. The fraction of sp³-hybridized carbons (Fsp3) is 0.154. The van der Waals surface area contributed by atoms with Crippen LogP contribution in [0.15, 0.2) is 34.5 Å². The summed E-state index contributed by atoms with van der Waals surface area (Å²) in [5.41, 5.74) is 0.204. The number of hydrogen-bond donors (Lipinski definition) is 2. The van der Waals surface area contributed by atoms with Gasteiger partial charge in [0.15, 0.2) is 0 Å². The SMILES string of the molecule is COc1cc(C(=O)O)ccc1NS(=O)(=O)c1ccc(C)s1. The molecule has 1 heterocycles. The van der Waals surface area contributed by atoms with E-state index in [0.29, 0.717) is 0 Å². The first-order valence-electron chi connectivity index (χ1n) is 5.84. The van der Waals surface area contributed by atoms with E-state index in [1.54, 1.807) is 6.07 Å². The van der Waals surface area contributed by atoms with Crippen LogP contribution in [-0.4, -0.2) is 26.6 Å². The first-order chi connectivity index (χ1) is 9.83. The molecule has 0 bridgehead atoms. The molecular formula is C13H13NO5S2. The Balaban J connectivity index is 2.37. The quantitative estimate of drug-likeness (QED) is 0.880. The van der Waals surface area contributed by atoms with E-state index < -0.39 is 16.0 Å². The number of nitrogens with one attached hydrogen (secondary N) is 1. The van der Waals surface area contributed by atoms with Crippen molar-refractivity contribution in [3.63, 3.8) is 0 Å². The molecule has 0 spiro atoms. The average molecular weight is 327 g/mol. The van der Waals surface area contributed by atoms with Gasteiger partial charge in [0, 0.05) is 4.88 Å². The summed E-state index contributed by atoms with van der Waals surface area (Å²) >= 11 is 1.15. The van der Waals surface area contributed by atoms with Crippen LogP contribution in [0.25, 0.3) is 0 Å². The van der Waals surface area contributed by atoms with Gasteiger partial charge in [0.1, 0.15) is 9.96 Å². The van der Waals surface area contributed by atoms with Crippen molar-refractivity contribution >= 4 is 33.0 Å². The van der Waals surface area contributed by atoms with Crippen molar-refractivity contribution in [2.24, 2.45) is 0 Å². The van der Waals surface area contributed by atoms with Crippen molar-refractivity contribution < 1.29 is 23.1 Å². The number of rotatable bonds is 5. The Morgan fingerprint density at radius 2 is 2.00 bits per heavy atom. The Labute approximate surface area is 126 Å². The van der Waals surface area contributed by atoms with Gasteiger partial charge in [-0.05, 0) is 37.3 Å². The molecule has 2 rings (SSSR count). The standard InChI is InChI=1S/C13H13NO5S2/c1-8-3-6-12(20-8)21(17,18)14-10-5-4-9(13(15)16)7-11(10)19-2/h3-7,14H,1-2H3,(H,15,16). The van der Waals surface area contributed by atoms with Gasteiger partial charge in [-0.2, -0.15) is 0 Å². The summed E-state index contributed by atoms with van der Waals surface area (Å²) in [6, 6.07) is 7.16. The van der Waals surface area contributed by atoms with Gasteiger partial charge in [-0.1, -0.05) is 0 Å². The molecule has 0 saturated carbocycles. The predicted molar refractivity (Wildman–Crippen MR) is 79.8 cm³/mol. The van der Waals surface area contributed by atoms with E-state index >= 15 is 0 Å². The average Bonchev–Trinajstić information content (AvgIpc) is 2.86. The lowest BCUT2D eigenvalue weighted by molar-refractivity contribution is 0.0696. The van der Waals surface area contributed by atoms with Crippen LogP contribution < -0.4 is 9.46 Å². The number of thiophene rings is 1. The summed E-state index contributed by atoms with van der Waals surface area (Å²) in [4.78, 5) is 11.8. The lowest BCUT2D eigenvalue weighted by atomic mass is 10.2. The molecule has 0 saturated heterocycles. The van der Waals surface area contributed by atoms with Gasteiger partial charge in [0.2, 0.25) is 0 Å². The fourth-order valence-corrected chi connectivity index (χ4v) is 4.01. The molecule has 0 aliphatic heterocycles. The smallest absolute Gasteiger partial charge is 0.335 e. The molecule has 2 N–H and O–H groups in total. The van der Waals surface area contributed by atoms with Gasteiger partial charge in [-0.15, -0.1) is 11.3 Å². The monoisotopic (exact) mass is 327 g/mol. The van der Waals surface area contributed by atoms with Gasteiger partial charge in [0.25, 0.3) is 10.0 Å². The van der Waals surface area contributed by atoms with E-state index in [0.717, 1.165) is 16.2 Å². The number of carboxylic acids is 1. The minimum Gasteiger partial charge on any atom is -0.495 e. The summed E-state index contributed by atoms with van der Waals surface area (Å²) in [7, 11) is -2.38. The van der Waals surface area contributed by atoms with Crippen molar-refractivity contribution in [1.82, 2.24) is 0 Å². The molecule has 0 fully saturated rings. The molecule has 1 aromatic carbocycles. The molecule has 2 aromatic rings. The molecule has 0 unspecified atom stereocenters. The van der Waals surface area contributed by atoms with Crippen LogP contribution in [0.3, 0.4) is 0 Å². The number of methoxy groups -OCH3 is 1. The Hall–Kier alpha value is -2.06. The number of sulfonamides is 1. The summed E-state index contributed by atoms with van der Waals surface area (Å²) in [6.45, 7) is 1.81. The Morgan fingerprint density at radius 1 is 1.29 bits per heavy atom. The number of benzene rings is 1. The van der Waals surface area contributed by atoms with Crippen LogP contribution in [0.5, 0.6) is 5.75 Å². The highest BCUT2D eigenvalue weighted by Gasteiger charge is 2.19. The second-order valence-corrected chi connectivity index (χ2v) is 7.39. The van der Waals surface area contributed by atoms with E-state index in [4.69, 9.17) is 9.84 Å². The minimum atomic E-state index is -3.72. The summed E-state index contributed by atoms with van der Waals surface area (Å²) in [5.74, 6) is -0.969. The molecule has 0 atom stereocenters. The molecule has 6 nitrogen and oxygen atoms in total. The first kappa shape index (κ1) is 15.3.